The molecular formula is C11H16N2O2. The van der Waals surface area contributed by atoms with Crippen molar-refractivity contribution in [3.05, 3.63) is 30.1 Å². The van der Waals surface area contributed by atoms with Gasteiger partial charge in [-0.2, -0.15) is 0 Å². The number of hydrogen-bond donors (Lipinski definition) is 1. The minimum absolute atomic E-state index is 0.119. The van der Waals surface area contributed by atoms with E-state index in [4.69, 9.17) is 0 Å². The fourth-order valence-electron chi connectivity index (χ4n) is 1.22. The first-order valence-electron chi connectivity index (χ1n) is 4.91. The second kappa shape index (κ2) is 6.14. The Balaban J connectivity index is 2.25. The van der Waals surface area contributed by atoms with Gasteiger partial charge in [0.15, 0.2) is 0 Å². The smallest absolute Gasteiger partial charge is 0.309 e. The number of nitrogens with zero attached hydrogens (tertiary/aromatic N) is 1. The number of esters is 1. The molecule has 4 nitrogen and oxygen atoms in total. The molecule has 0 aliphatic rings. The molecule has 1 heterocycles. The SMILES string of the molecule is COC(=O)[C@@H](C)CNCc1cccnc1. The average Bonchev–Trinajstić information content (AvgIpc) is 2.29. The second-order valence-corrected chi connectivity index (χ2v) is 3.42. The van der Waals surface area contributed by atoms with Crippen molar-refractivity contribution in [1.29, 1.82) is 0 Å². The van der Waals surface area contributed by atoms with Crippen molar-refractivity contribution in [2.45, 2.75) is 13.5 Å². The van der Waals surface area contributed by atoms with Crippen molar-refractivity contribution >= 4 is 5.97 Å². The van der Waals surface area contributed by atoms with Crippen molar-refractivity contribution in [2.75, 3.05) is 13.7 Å². The molecule has 0 bridgehead atoms. The van der Waals surface area contributed by atoms with Crippen molar-refractivity contribution in [2.24, 2.45) is 5.92 Å². The van der Waals surface area contributed by atoms with Gasteiger partial charge >= 0.3 is 5.97 Å². The standard InChI is InChI=1S/C11H16N2O2/c1-9(11(14)15-2)6-13-8-10-4-3-5-12-7-10/h3-5,7,9,13H,6,8H2,1-2H3/t9-/m0/s1. The fourth-order valence-corrected chi connectivity index (χ4v) is 1.22. The molecule has 1 atom stereocenters. The highest BCUT2D eigenvalue weighted by Gasteiger charge is 2.11. The molecule has 1 rings (SSSR count). The number of methoxy groups -OCH3 is 1. The van der Waals surface area contributed by atoms with E-state index in [-0.39, 0.29) is 11.9 Å². The summed E-state index contributed by atoms with van der Waals surface area (Å²) in [6.07, 6.45) is 3.54. The molecule has 0 radical (unpaired) electrons. The van der Waals surface area contributed by atoms with E-state index in [9.17, 15) is 4.79 Å². The Labute approximate surface area is 89.7 Å². The maximum absolute atomic E-state index is 11.1. The van der Waals surface area contributed by atoms with Crippen LogP contribution in [0.25, 0.3) is 0 Å². The van der Waals surface area contributed by atoms with Crippen molar-refractivity contribution in [3.63, 3.8) is 0 Å². The van der Waals surface area contributed by atoms with E-state index in [1.165, 1.54) is 7.11 Å². The zero-order valence-corrected chi connectivity index (χ0v) is 9.06. The van der Waals surface area contributed by atoms with Gasteiger partial charge in [-0.1, -0.05) is 13.0 Å². The number of carbonyl (C=O) groups excluding carboxylic acids is 1. The van der Waals surface area contributed by atoms with Gasteiger partial charge in [-0.25, -0.2) is 0 Å². The molecule has 1 aromatic heterocycles. The van der Waals surface area contributed by atoms with Gasteiger partial charge in [-0.05, 0) is 11.6 Å². The second-order valence-electron chi connectivity index (χ2n) is 3.42. The molecule has 0 aromatic carbocycles. The first kappa shape index (κ1) is 11.7. The van der Waals surface area contributed by atoms with Crippen LogP contribution in [-0.4, -0.2) is 24.6 Å². The van der Waals surface area contributed by atoms with Gasteiger partial charge in [0.1, 0.15) is 0 Å². The maximum atomic E-state index is 11.1. The molecule has 0 amide bonds. The molecule has 15 heavy (non-hydrogen) atoms. The van der Waals surface area contributed by atoms with Crippen molar-refractivity contribution in [3.8, 4) is 0 Å². The minimum Gasteiger partial charge on any atom is -0.469 e. The van der Waals surface area contributed by atoms with Crippen LogP contribution in [0.2, 0.25) is 0 Å². The Morgan fingerprint density at radius 1 is 1.67 bits per heavy atom. The summed E-state index contributed by atoms with van der Waals surface area (Å²) in [6.45, 7) is 3.17. The lowest BCUT2D eigenvalue weighted by Crippen LogP contribution is -2.26. The van der Waals surface area contributed by atoms with E-state index in [2.05, 4.69) is 15.0 Å². The molecule has 0 aliphatic heterocycles. The summed E-state index contributed by atoms with van der Waals surface area (Å²) in [7, 11) is 1.40. The Kier molecular flexibility index (Phi) is 4.77. The molecule has 0 fully saturated rings. The normalized spacial score (nSPS) is 12.1. The number of aromatic nitrogens is 1. The lowest BCUT2D eigenvalue weighted by molar-refractivity contribution is -0.144. The number of hydrogen-bond acceptors (Lipinski definition) is 4. The summed E-state index contributed by atoms with van der Waals surface area (Å²) in [4.78, 5) is 15.1. The van der Waals surface area contributed by atoms with Crippen LogP contribution >= 0.6 is 0 Å². The fraction of sp³-hybridized carbons (Fsp3) is 0.455. The third-order valence-electron chi connectivity index (χ3n) is 2.11. The summed E-state index contributed by atoms with van der Waals surface area (Å²) in [5.74, 6) is -0.305. The molecule has 0 spiro atoms. The predicted molar refractivity (Wildman–Crippen MR) is 57.1 cm³/mol. The van der Waals surface area contributed by atoms with Crippen LogP contribution in [0.3, 0.4) is 0 Å². The third kappa shape index (κ3) is 4.08. The van der Waals surface area contributed by atoms with Gasteiger partial charge in [-0.15, -0.1) is 0 Å². The van der Waals surface area contributed by atoms with E-state index in [1.807, 2.05) is 19.1 Å². The van der Waals surface area contributed by atoms with Gasteiger partial charge in [0.2, 0.25) is 0 Å². The Hall–Kier alpha value is -1.42. The first-order chi connectivity index (χ1) is 7.24. The van der Waals surface area contributed by atoms with Gasteiger partial charge in [-0.3, -0.25) is 9.78 Å². The summed E-state index contributed by atoms with van der Waals surface area (Å²) in [6, 6.07) is 3.88. The van der Waals surface area contributed by atoms with Crippen LogP contribution in [0.15, 0.2) is 24.5 Å². The summed E-state index contributed by atoms with van der Waals surface area (Å²) < 4.78 is 4.62. The minimum atomic E-state index is -0.186. The largest absolute Gasteiger partial charge is 0.469 e. The highest BCUT2D eigenvalue weighted by molar-refractivity contribution is 5.71. The lowest BCUT2D eigenvalue weighted by Gasteiger charge is -2.09. The lowest BCUT2D eigenvalue weighted by atomic mass is 10.2. The van der Waals surface area contributed by atoms with E-state index in [0.717, 1.165) is 12.1 Å². The van der Waals surface area contributed by atoms with Crippen molar-refractivity contribution < 1.29 is 9.53 Å². The van der Waals surface area contributed by atoms with Crippen LogP contribution in [0.1, 0.15) is 12.5 Å². The van der Waals surface area contributed by atoms with Crippen LogP contribution < -0.4 is 5.32 Å². The number of ether oxygens (including phenoxy) is 1. The van der Waals surface area contributed by atoms with Crippen molar-refractivity contribution in [1.82, 2.24) is 10.3 Å². The van der Waals surface area contributed by atoms with E-state index >= 15 is 0 Å². The number of nitrogens with one attached hydrogen (secondary N) is 1. The molecule has 1 aromatic rings. The van der Waals surface area contributed by atoms with E-state index < -0.39 is 0 Å². The monoisotopic (exact) mass is 208 g/mol. The maximum Gasteiger partial charge on any atom is 0.309 e. The van der Waals surface area contributed by atoms with Crippen LogP contribution in [0.5, 0.6) is 0 Å². The van der Waals surface area contributed by atoms with Crippen LogP contribution in [0.4, 0.5) is 0 Å². The topological polar surface area (TPSA) is 51.2 Å². The zero-order chi connectivity index (χ0) is 11.1. The Morgan fingerprint density at radius 3 is 3.07 bits per heavy atom. The number of carbonyl (C=O) groups is 1. The quantitative estimate of drug-likeness (QED) is 0.733. The number of pyridine rings is 1. The highest BCUT2D eigenvalue weighted by Crippen LogP contribution is 1.98. The van der Waals surface area contributed by atoms with E-state index in [0.29, 0.717) is 6.54 Å². The summed E-state index contributed by atoms with van der Waals surface area (Å²) in [5.41, 5.74) is 1.11. The summed E-state index contributed by atoms with van der Waals surface area (Å²) in [5, 5.41) is 3.18. The predicted octanol–water partition coefficient (Wildman–Crippen LogP) is 0.980. The molecule has 0 saturated heterocycles. The molecule has 0 aliphatic carbocycles. The third-order valence-corrected chi connectivity index (χ3v) is 2.11. The number of rotatable bonds is 5. The molecular weight excluding hydrogens is 192 g/mol. The zero-order valence-electron chi connectivity index (χ0n) is 9.06. The van der Waals surface area contributed by atoms with Gasteiger partial charge < -0.3 is 10.1 Å². The Morgan fingerprint density at radius 2 is 2.47 bits per heavy atom. The molecule has 0 saturated carbocycles. The van der Waals surface area contributed by atoms with E-state index in [1.54, 1.807) is 12.4 Å². The molecule has 4 heteroatoms. The summed E-state index contributed by atoms with van der Waals surface area (Å²) >= 11 is 0. The van der Waals surface area contributed by atoms with Gasteiger partial charge in [0, 0.05) is 25.5 Å². The van der Waals surface area contributed by atoms with Crippen LogP contribution in [0, 0.1) is 5.92 Å². The average molecular weight is 208 g/mol. The Bertz CT molecular complexity index is 301. The highest BCUT2D eigenvalue weighted by atomic mass is 16.5. The molecule has 82 valence electrons. The van der Waals surface area contributed by atoms with Crippen LogP contribution in [-0.2, 0) is 16.1 Å². The van der Waals surface area contributed by atoms with Gasteiger partial charge in [0.05, 0.1) is 13.0 Å². The van der Waals surface area contributed by atoms with Gasteiger partial charge in [0.25, 0.3) is 0 Å². The molecule has 1 N–H and O–H groups in total. The first-order valence-corrected chi connectivity index (χ1v) is 4.91. The molecule has 0 unspecified atom stereocenters.